The van der Waals surface area contributed by atoms with Crippen molar-refractivity contribution in [1.29, 1.82) is 5.26 Å². The summed E-state index contributed by atoms with van der Waals surface area (Å²) in [4.78, 5) is 14.0. The van der Waals surface area contributed by atoms with Crippen molar-refractivity contribution in [2.24, 2.45) is 11.3 Å². The third-order valence-corrected chi connectivity index (χ3v) is 8.57. The number of carbonyl (C=O) groups excluding carboxylic acids is 1. The summed E-state index contributed by atoms with van der Waals surface area (Å²) in [6, 6.07) is 5.92. The number of thioether (sulfide) groups is 1. The molecule has 4 rings (SSSR count). The normalized spacial score (nSPS) is 15.6. The van der Waals surface area contributed by atoms with Gasteiger partial charge in [-0.3, -0.25) is 9.36 Å². The van der Waals surface area contributed by atoms with Gasteiger partial charge in [0, 0.05) is 11.4 Å². The molecule has 10 heteroatoms. The third-order valence-electron chi connectivity index (χ3n) is 6.01. The van der Waals surface area contributed by atoms with Crippen LogP contribution in [-0.2, 0) is 24.2 Å². The molecular weight excluding hydrogens is 534 g/mol. The van der Waals surface area contributed by atoms with Gasteiger partial charge in [-0.1, -0.05) is 38.6 Å². The average Bonchev–Trinajstić information content (AvgIpc) is 3.47. The number of amides is 1. The van der Waals surface area contributed by atoms with Gasteiger partial charge in [0.1, 0.15) is 11.1 Å². The van der Waals surface area contributed by atoms with Gasteiger partial charge in [0.15, 0.2) is 15.6 Å². The van der Waals surface area contributed by atoms with Crippen LogP contribution in [0.3, 0.4) is 0 Å². The van der Waals surface area contributed by atoms with Gasteiger partial charge in [-0.15, -0.1) is 28.1 Å². The summed E-state index contributed by atoms with van der Waals surface area (Å²) in [6.07, 6.45) is 4.66. The maximum atomic E-state index is 12.8. The van der Waals surface area contributed by atoms with Crippen molar-refractivity contribution in [3.63, 3.8) is 0 Å². The van der Waals surface area contributed by atoms with Gasteiger partial charge < -0.3 is 9.73 Å². The molecule has 1 atom stereocenters. The molecule has 1 aliphatic rings. The Labute approximate surface area is 215 Å². The molecule has 1 amide bonds. The van der Waals surface area contributed by atoms with Gasteiger partial charge in [-0.2, -0.15) is 5.26 Å². The van der Waals surface area contributed by atoms with E-state index in [2.05, 4.69) is 64.9 Å². The Hall–Kier alpha value is -2.35. The van der Waals surface area contributed by atoms with Crippen LogP contribution in [0.15, 0.2) is 39.0 Å². The monoisotopic (exact) mass is 559 g/mol. The zero-order valence-electron chi connectivity index (χ0n) is 19.4. The number of nitrogens with zero attached hydrogens (tertiary/aromatic N) is 4. The molecule has 0 saturated heterocycles. The lowest BCUT2D eigenvalue weighted by Crippen LogP contribution is -2.26. The Morgan fingerprint density at radius 1 is 1.47 bits per heavy atom. The molecule has 3 aromatic rings. The molecule has 3 heterocycles. The lowest BCUT2D eigenvalue weighted by atomic mass is 9.72. The highest BCUT2D eigenvalue weighted by atomic mass is 79.9. The smallest absolute Gasteiger partial charge is 0.235 e. The highest BCUT2D eigenvalue weighted by Crippen LogP contribution is 2.44. The summed E-state index contributed by atoms with van der Waals surface area (Å²) in [6.45, 7) is 11.1. The van der Waals surface area contributed by atoms with E-state index in [-0.39, 0.29) is 17.1 Å². The van der Waals surface area contributed by atoms with E-state index in [1.54, 1.807) is 29.5 Å². The van der Waals surface area contributed by atoms with Crippen LogP contribution in [0.4, 0.5) is 5.00 Å². The fourth-order valence-electron chi connectivity index (χ4n) is 4.13. The summed E-state index contributed by atoms with van der Waals surface area (Å²) in [5.74, 6) is 1.69. The second-order valence-electron chi connectivity index (χ2n) is 9.27. The van der Waals surface area contributed by atoms with E-state index in [1.165, 1.54) is 16.6 Å². The van der Waals surface area contributed by atoms with Gasteiger partial charge >= 0.3 is 0 Å². The average molecular weight is 561 g/mol. The van der Waals surface area contributed by atoms with Crippen LogP contribution < -0.4 is 5.32 Å². The molecule has 0 fully saturated rings. The number of nitrogens with one attached hydrogen (secondary N) is 1. The lowest BCUT2D eigenvalue weighted by molar-refractivity contribution is -0.113. The quantitative estimate of drug-likeness (QED) is 0.269. The number of rotatable bonds is 7. The number of allylic oxidation sites excluding steroid dienone is 1. The van der Waals surface area contributed by atoms with Crippen LogP contribution in [0.5, 0.6) is 0 Å². The molecule has 34 heavy (non-hydrogen) atoms. The molecule has 3 aromatic heterocycles. The number of carbonyl (C=O) groups is 1. The largest absolute Gasteiger partial charge is 0.446 e. The summed E-state index contributed by atoms with van der Waals surface area (Å²) in [5.41, 5.74) is 1.95. The number of furan rings is 1. The van der Waals surface area contributed by atoms with Gasteiger partial charge in [0.2, 0.25) is 11.7 Å². The number of halogens is 1. The standard InChI is InChI=1S/C24H26BrN5O2S2/c1-5-10-30-21(17-8-9-19(25)32-17)28-29-23(30)33-13-20(31)27-22-16(12-26)15-7-6-14(24(2,3)4)11-18(15)34-22/h5,8-9,14H,1,6-7,10-11,13H2,2-4H3,(H,27,31). The molecule has 0 bridgehead atoms. The first-order valence-corrected chi connectivity index (χ1v) is 13.6. The van der Waals surface area contributed by atoms with Crippen molar-refractivity contribution in [2.75, 3.05) is 11.1 Å². The minimum atomic E-state index is -0.178. The van der Waals surface area contributed by atoms with Gasteiger partial charge in [0.25, 0.3) is 0 Å². The molecule has 1 unspecified atom stereocenters. The first-order chi connectivity index (χ1) is 16.2. The van der Waals surface area contributed by atoms with Crippen molar-refractivity contribution >= 4 is 49.9 Å². The zero-order chi connectivity index (χ0) is 24.5. The maximum absolute atomic E-state index is 12.8. The Morgan fingerprint density at radius 3 is 2.91 bits per heavy atom. The van der Waals surface area contributed by atoms with Crippen molar-refractivity contribution < 1.29 is 9.21 Å². The molecule has 0 aromatic carbocycles. The van der Waals surface area contributed by atoms with Crippen LogP contribution in [0.2, 0.25) is 0 Å². The predicted octanol–water partition coefficient (Wildman–Crippen LogP) is 6.30. The third kappa shape index (κ3) is 5.16. The van der Waals surface area contributed by atoms with Crippen LogP contribution in [0.1, 0.15) is 43.2 Å². The number of nitriles is 1. The molecule has 178 valence electrons. The summed E-state index contributed by atoms with van der Waals surface area (Å²) < 4.78 is 8.07. The Bertz CT molecular complexity index is 1260. The minimum Gasteiger partial charge on any atom is -0.446 e. The van der Waals surface area contributed by atoms with Crippen molar-refractivity contribution in [2.45, 2.75) is 51.7 Å². The van der Waals surface area contributed by atoms with Gasteiger partial charge in [0.05, 0.1) is 11.3 Å². The molecule has 7 nitrogen and oxygen atoms in total. The number of aromatic nitrogens is 3. The number of thiophene rings is 1. The van der Waals surface area contributed by atoms with E-state index in [4.69, 9.17) is 4.42 Å². The van der Waals surface area contributed by atoms with Crippen LogP contribution in [0.25, 0.3) is 11.6 Å². The van der Waals surface area contributed by atoms with Gasteiger partial charge in [-0.25, -0.2) is 0 Å². The van der Waals surface area contributed by atoms with Crippen LogP contribution >= 0.6 is 39.0 Å². The molecule has 0 aliphatic heterocycles. The van der Waals surface area contributed by atoms with Crippen molar-refractivity contribution in [1.82, 2.24) is 14.8 Å². The fourth-order valence-corrected chi connectivity index (χ4v) is 6.48. The van der Waals surface area contributed by atoms with E-state index >= 15 is 0 Å². The highest BCUT2D eigenvalue weighted by Gasteiger charge is 2.32. The highest BCUT2D eigenvalue weighted by molar-refractivity contribution is 9.10. The lowest BCUT2D eigenvalue weighted by Gasteiger charge is -2.33. The first kappa shape index (κ1) is 24.8. The zero-order valence-corrected chi connectivity index (χ0v) is 22.6. The van der Waals surface area contributed by atoms with Crippen LogP contribution in [-0.4, -0.2) is 26.4 Å². The molecule has 0 spiro atoms. The molecule has 1 aliphatic carbocycles. The number of hydrogen-bond acceptors (Lipinski definition) is 7. The van der Waals surface area contributed by atoms with Crippen LogP contribution in [0, 0.1) is 22.7 Å². The Balaban J connectivity index is 1.46. The van der Waals surface area contributed by atoms with E-state index in [0.29, 0.717) is 44.4 Å². The molecule has 1 N–H and O–H groups in total. The van der Waals surface area contributed by atoms with E-state index in [0.717, 1.165) is 24.8 Å². The second-order valence-corrected chi connectivity index (χ2v) is 12.1. The maximum Gasteiger partial charge on any atom is 0.235 e. The van der Waals surface area contributed by atoms with E-state index in [1.807, 2.05) is 4.57 Å². The molecule has 0 saturated carbocycles. The van der Waals surface area contributed by atoms with E-state index < -0.39 is 0 Å². The summed E-state index contributed by atoms with van der Waals surface area (Å²) in [7, 11) is 0. The molecule has 0 radical (unpaired) electrons. The topological polar surface area (TPSA) is 96.7 Å². The SMILES string of the molecule is C=CCn1c(SCC(=O)Nc2sc3c(c2C#N)CCC(C(C)(C)C)C3)nnc1-c1ccc(Br)o1. The number of anilines is 1. The first-order valence-electron chi connectivity index (χ1n) is 11.0. The summed E-state index contributed by atoms with van der Waals surface area (Å²) >= 11 is 6.13. The second kappa shape index (κ2) is 10.1. The van der Waals surface area contributed by atoms with Gasteiger partial charge in [-0.05, 0) is 64.2 Å². The predicted molar refractivity (Wildman–Crippen MR) is 139 cm³/mol. The van der Waals surface area contributed by atoms with Crippen molar-refractivity contribution in [3.8, 4) is 17.7 Å². The molecular formula is C24H26BrN5O2S2. The number of fused-ring (bicyclic) bond motifs is 1. The number of hydrogen-bond donors (Lipinski definition) is 1. The minimum absolute atomic E-state index is 0.148. The fraction of sp³-hybridized carbons (Fsp3) is 0.417. The summed E-state index contributed by atoms with van der Waals surface area (Å²) in [5, 5.41) is 22.5. The Kier molecular flexibility index (Phi) is 7.36. The van der Waals surface area contributed by atoms with Crippen molar-refractivity contribution in [3.05, 3.63) is 45.5 Å². The Morgan fingerprint density at radius 2 is 2.26 bits per heavy atom. The van der Waals surface area contributed by atoms with E-state index in [9.17, 15) is 10.1 Å².